The third-order valence-corrected chi connectivity index (χ3v) is 3.66. The number of halogens is 4. The van der Waals surface area contributed by atoms with Gasteiger partial charge >= 0.3 is 6.18 Å². The summed E-state index contributed by atoms with van der Waals surface area (Å²) < 4.78 is 57.1. The Bertz CT molecular complexity index is 746. The molecule has 2 atom stereocenters. The van der Waals surface area contributed by atoms with E-state index in [1.165, 1.54) is 24.3 Å². The number of nitrogens with one attached hydrogen (secondary N) is 1. The Balaban J connectivity index is 1.75. The maximum Gasteiger partial charge on any atom is 0.417 e. The highest BCUT2D eigenvalue weighted by Gasteiger charge is 2.38. The highest BCUT2D eigenvalue weighted by molar-refractivity contribution is 5.96. The first-order chi connectivity index (χ1) is 11.4. The second-order valence-corrected chi connectivity index (χ2v) is 5.28. The maximum absolute atomic E-state index is 13.0. The lowest BCUT2D eigenvalue weighted by atomic mass is 10.0. The fourth-order valence-corrected chi connectivity index (χ4v) is 2.43. The molecule has 3 rings (SSSR count). The van der Waals surface area contributed by atoms with Gasteiger partial charge in [0.2, 0.25) is 0 Å². The van der Waals surface area contributed by atoms with Crippen LogP contribution in [0.4, 0.5) is 17.6 Å². The Morgan fingerprint density at radius 3 is 2.54 bits per heavy atom. The number of hydrogen-bond acceptors (Lipinski definition) is 3. The molecular weight excluding hydrogens is 328 g/mol. The zero-order valence-corrected chi connectivity index (χ0v) is 12.2. The van der Waals surface area contributed by atoms with Crippen LogP contribution in [0.5, 0.6) is 0 Å². The molecule has 2 heterocycles. The van der Waals surface area contributed by atoms with Crippen molar-refractivity contribution >= 4 is 5.91 Å². The molecule has 1 N–H and O–H groups in total. The Morgan fingerprint density at radius 1 is 1.21 bits per heavy atom. The highest BCUT2D eigenvalue weighted by atomic mass is 19.4. The second-order valence-electron chi connectivity index (χ2n) is 5.28. The number of carbonyl (C=O) groups excluding carboxylic acids is 1. The Labute approximate surface area is 134 Å². The SMILES string of the molecule is O=C(N[C@H]1CO[C@H]1c1ccc(F)cn1)c1ccccc1C(F)(F)F. The van der Waals surface area contributed by atoms with Crippen LogP contribution in [-0.4, -0.2) is 23.5 Å². The van der Waals surface area contributed by atoms with Crippen molar-refractivity contribution in [2.45, 2.75) is 18.3 Å². The molecule has 2 aromatic rings. The first-order valence-electron chi connectivity index (χ1n) is 7.06. The summed E-state index contributed by atoms with van der Waals surface area (Å²) in [5, 5.41) is 2.51. The monoisotopic (exact) mass is 340 g/mol. The van der Waals surface area contributed by atoms with Gasteiger partial charge in [-0.05, 0) is 24.3 Å². The maximum atomic E-state index is 13.0. The zero-order valence-electron chi connectivity index (χ0n) is 12.2. The van der Waals surface area contributed by atoms with Crippen molar-refractivity contribution in [3.05, 3.63) is 65.2 Å². The minimum absolute atomic E-state index is 0.143. The summed E-state index contributed by atoms with van der Waals surface area (Å²) in [6.07, 6.45) is -4.23. The third kappa shape index (κ3) is 3.23. The van der Waals surface area contributed by atoms with E-state index in [-0.39, 0.29) is 6.61 Å². The van der Waals surface area contributed by atoms with Gasteiger partial charge in [0, 0.05) is 0 Å². The first-order valence-corrected chi connectivity index (χ1v) is 7.06. The van der Waals surface area contributed by atoms with Crippen LogP contribution in [0.1, 0.15) is 27.7 Å². The van der Waals surface area contributed by atoms with Crippen LogP contribution in [0.2, 0.25) is 0 Å². The second kappa shape index (κ2) is 6.20. The molecule has 1 aliphatic rings. The summed E-state index contributed by atoms with van der Waals surface area (Å²) in [5.74, 6) is -1.36. The van der Waals surface area contributed by atoms with Crippen LogP contribution in [0, 0.1) is 5.82 Å². The van der Waals surface area contributed by atoms with Crippen LogP contribution in [0.15, 0.2) is 42.6 Å². The van der Waals surface area contributed by atoms with Crippen molar-refractivity contribution in [1.82, 2.24) is 10.3 Å². The van der Waals surface area contributed by atoms with Crippen molar-refractivity contribution in [3.8, 4) is 0 Å². The molecule has 126 valence electrons. The van der Waals surface area contributed by atoms with E-state index < -0.39 is 41.2 Å². The van der Waals surface area contributed by atoms with E-state index in [9.17, 15) is 22.4 Å². The fourth-order valence-electron chi connectivity index (χ4n) is 2.43. The van der Waals surface area contributed by atoms with Gasteiger partial charge in [-0.3, -0.25) is 9.78 Å². The van der Waals surface area contributed by atoms with Crippen molar-refractivity contribution < 1.29 is 27.1 Å². The smallest absolute Gasteiger partial charge is 0.367 e. The molecule has 1 saturated heterocycles. The zero-order chi connectivity index (χ0) is 17.3. The summed E-state index contributed by atoms with van der Waals surface area (Å²) in [5.41, 5.74) is -1.06. The molecule has 8 heteroatoms. The van der Waals surface area contributed by atoms with Crippen LogP contribution in [-0.2, 0) is 10.9 Å². The minimum Gasteiger partial charge on any atom is -0.367 e. The number of alkyl halides is 3. The summed E-state index contributed by atoms with van der Waals surface area (Å²) in [7, 11) is 0. The average molecular weight is 340 g/mol. The van der Waals surface area contributed by atoms with Gasteiger partial charge in [-0.25, -0.2) is 4.39 Å². The number of nitrogens with zero attached hydrogens (tertiary/aromatic N) is 1. The van der Waals surface area contributed by atoms with Gasteiger partial charge in [0.05, 0.1) is 35.7 Å². The van der Waals surface area contributed by atoms with Crippen molar-refractivity contribution in [1.29, 1.82) is 0 Å². The van der Waals surface area contributed by atoms with E-state index in [4.69, 9.17) is 4.74 Å². The molecule has 0 radical (unpaired) electrons. The predicted octanol–water partition coefficient (Wildman–Crippen LogP) is 3.11. The number of ether oxygens (including phenoxy) is 1. The van der Waals surface area contributed by atoms with Gasteiger partial charge in [-0.15, -0.1) is 0 Å². The topological polar surface area (TPSA) is 51.2 Å². The molecule has 0 aliphatic carbocycles. The van der Waals surface area contributed by atoms with Crippen molar-refractivity contribution in [3.63, 3.8) is 0 Å². The summed E-state index contributed by atoms with van der Waals surface area (Å²) in [6.45, 7) is 0.143. The standard InChI is InChI=1S/C16H12F4N2O2/c17-9-5-6-12(21-7-9)14-13(8-24-14)22-15(23)10-3-1-2-4-11(10)16(18,19)20/h1-7,13-14H,8H2,(H,22,23)/t13-,14-/m0/s1. The van der Waals surface area contributed by atoms with Crippen LogP contribution in [0.3, 0.4) is 0 Å². The normalized spacial score (nSPS) is 20.3. The molecule has 1 aliphatic heterocycles. The number of hydrogen-bond donors (Lipinski definition) is 1. The van der Waals surface area contributed by atoms with Gasteiger partial charge < -0.3 is 10.1 Å². The molecule has 1 fully saturated rings. The van der Waals surface area contributed by atoms with Gasteiger partial charge in [0.25, 0.3) is 5.91 Å². The van der Waals surface area contributed by atoms with E-state index >= 15 is 0 Å². The van der Waals surface area contributed by atoms with E-state index in [2.05, 4.69) is 10.3 Å². The molecule has 4 nitrogen and oxygen atoms in total. The minimum atomic E-state index is -4.62. The van der Waals surface area contributed by atoms with E-state index in [1.807, 2.05) is 0 Å². The van der Waals surface area contributed by atoms with E-state index in [1.54, 1.807) is 0 Å². The summed E-state index contributed by atoms with van der Waals surface area (Å²) in [4.78, 5) is 16.1. The van der Waals surface area contributed by atoms with Crippen molar-refractivity contribution in [2.75, 3.05) is 6.61 Å². The van der Waals surface area contributed by atoms with Crippen LogP contribution >= 0.6 is 0 Å². The lowest BCUT2D eigenvalue weighted by Crippen LogP contribution is -2.51. The number of benzene rings is 1. The summed E-state index contributed by atoms with van der Waals surface area (Å²) >= 11 is 0. The third-order valence-electron chi connectivity index (χ3n) is 3.66. The number of amides is 1. The average Bonchev–Trinajstić information content (AvgIpc) is 2.52. The largest absolute Gasteiger partial charge is 0.417 e. The molecule has 0 bridgehead atoms. The number of pyridine rings is 1. The van der Waals surface area contributed by atoms with Gasteiger partial charge in [0.15, 0.2) is 0 Å². The molecular formula is C16H12F4N2O2. The number of aromatic nitrogens is 1. The number of rotatable bonds is 3. The molecule has 1 amide bonds. The molecule has 1 aromatic heterocycles. The quantitative estimate of drug-likeness (QED) is 0.874. The Morgan fingerprint density at radius 2 is 1.96 bits per heavy atom. The number of carbonyl (C=O) groups is 1. The first kappa shape index (κ1) is 16.4. The molecule has 0 unspecified atom stereocenters. The van der Waals surface area contributed by atoms with Gasteiger partial charge in [0.1, 0.15) is 11.9 Å². The Kier molecular flexibility index (Phi) is 4.23. The van der Waals surface area contributed by atoms with Gasteiger partial charge in [-0.2, -0.15) is 13.2 Å². The molecule has 0 spiro atoms. The van der Waals surface area contributed by atoms with Gasteiger partial charge in [-0.1, -0.05) is 12.1 Å². The Hall–Kier alpha value is -2.48. The van der Waals surface area contributed by atoms with E-state index in [0.717, 1.165) is 18.3 Å². The lowest BCUT2D eigenvalue weighted by molar-refractivity contribution is -0.138. The lowest BCUT2D eigenvalue weighted by Gasteiger charge is -2.36. The molecule has 0 saturated carbocycles. The van der Waals surface area contributed by atoms with Crippen LogP contribution in [0.25, 0.3) is 0 Å². The van der Waals surface area contributed by atoms with E-state index in [0.29, 0.717) is 5.69 Å². The molecule has 24 heavy (non-hydrogen) atoms. The highest BCUT2D eigenvalue weighted by Crippen LogP contribution is 2.33. The predicted molar refractivity (Wildman–Crippen MR) is 75.6 cm³/mol. The molecule has 1 aromatic carbocycles. The summed E-state index contributed by atoms with van der Waals surface area (Å²) in [6, 6.07) is 6.62. The fraction of sp³-hybridized carbons (Fsp3) is 0.250. The van der Waals surface area contributed by atoms with Crippen LogP contribution < -0.4 is 5.32 Å². The van der Waals surface area contributed by atoms with Crippen molar-refractivity contribution in [2.24, 2.45) is 0 Å².